The molecule has 0 bridgehead atoms. The van der Waals surface area contributed by atoms with Crippen LogP contribution in [0.25, 0.3) is 10.9 Å². The first-order valence-corrected chi connectivity index (χ1v) is 9.59. The zero-order valence-corrected chi connectivity index (χ0v) is 16.1. The highest BCUT2D eigenvalue weighted by molar-refractivity contribution is 6.33. The Hall–Kier alpha value is -2.92. The first-order valence-electron chi connectivity index (χ1n) is 9.21. The Labute approximate surface area is 167 Å². The number of esters is 1. The minimum absolute atomic E-state index is 0.423. The number of anilines is 1. The van der Waals surface area contributed by atoms with Crippen LogP contribution in [-0.2, 0) is 22.4 Å². The number of pyridine rings is 1. The maximum atomic E-state index is 13.0. The fraction of sp³-hybridized carbons (Fsp3) is 0.227. The molecule has 1 aliphatic carbocycles. The summed E-state index contributed by atoms with van der Waals surface area (Å²) in [5.41, 5.74) is 3.65. The fourth-order valence-electron chi connectivity index (χ4n) is 3.51. The van der Waals surface area contributed by atoms with Gasteiger partial charge in [-0.15, -0.1) is 0 Å². The van der Waals surface area contributed by atoms with Crippen molar-refractivity contribution >= 4 is 40.1 Å². The highest BCUT2D eigenvalue weighted by Crippen LogP contribution is 2.30. The number of para-hydroxylation sites is 2. The molecule has 0 saturated carbocycles. The number of nitrogens with one attached hydrogen (secondary N) is 1. The monoisotopic (exact) mass is 394 g/mol. The molecule has 6 heteroatoms. The quantitative estimate of drug-likeness (QED) is 0.658. The van der Waals surface area contributed by atoms with Gasteiger partial charge in [0, 0.05) is 11.1 Å². The molecule has 0 aliphatic heterocycles. The number of aryl methyl sites for hydroxylation is 1. The number of aromatic nitrogens is 1. The molecule has 1 atom stereocenters. The van der Waals surface area contributed by atoms with E-state index in [-0.39, 0.29) is 0 Å². The summed E-state index contributed by atoms with van der Waals surface area (Å²) in [5, 5.41) is 3.88. The van der Waals surface area contributed by atoms with E-state index in [1.165, 1.54) is 0 Å². The lowest BCUT2D eigenvalue weighted by molar-refractivity contribution is -0.123. The van der Waals surface area contributed by atoms with E-state index >= 15 is 0 Å². The molecule has 0 radical (unpaired) electrons. The third kappa shape index (κ3) is 3.45. The average molecular weight is 395 g/mol. The molecule has 1 N–H and O–H groups in total. The van der Waals surface area contributed by atoms with Crippen LogP contribution in [0.3, 0.4) is 0 Å². The number of nitrogens with zero attached hydrogens (tertiary/aromatic N) is 1. The highest BCUT2D eigenvalue weighted by atomic mass is 35.5. The number of hydrogen-bond acceptors (Lipinski definition) is 4. The standard InChI is InChI=1S/C22H19ClN2O3/c1-13(21(26)25-19-11-5-3-9-16(19)23)28-22(27)20-14-7-2-4-10-17(14)24-18-12-6-8-15(18)20/h2-5,7,9-11,13H,6,8,12H2,1H3,(H,25,26)/t13-/m1/s1. The van der Waals surface area contributed by atoms with Gasteiger partial charge in [-0.2, -0.15) is 0 Å². The predicted octanol–water partition coefficient (Wildman–Crippen LogP) is 4.56. The summed E-state index contributed by atoms with van der Waals surface area (Å²) in [6.45, 7) is 1.55. The Morgan fingerprint density at radius 2 is 1.86 bits per heavy atom. The second kappa shape index (κ2) is 7.60. The number of ether oxygens (including phenoxy) is 1. The van der Waals surface area contributed by atoms with Crippen LogP contribution in [0.5, 0.6) is 0 Å². The van der Waals surface area contributed by atoms with Crippen LogP contribution >= 0.6 is 11.6 Å². The lowest BCUT2D eigenvalue weighted by Gasteiger charge is -2.16. The molecule has 28 heavy (non-hydrogen) atoms. The van der Waals surface area contributed by atoms with Crippen LogP contribution in [0.2, 0.25) is 5.02 Å². The van der Waals surface area contributed by atoms with Gasteiger partial charge >= 0.3 is 5.97 Å². The van der Waals surface area contributed by atoms with E-state index in [1.54, 1.807) is 31.2 Å². The van der Waals surface area contributed by atoms with Gasteiger partial charge < -0.3 is 10.1 Å². The van der Waals surface area contributed by atoms with Crippen molar-refractivity contribution in [2.24, 2.45) is 0 Å². The molecule has 0 unspecified atom stereocenters. The number of fused-ring (bicyclic) bond motifs is 2. The normalized spacial score (nSPS) is 13.8. The Morgan fingerprint density at radius 1 is 1.11 bits per heavy atom. The zero-order chi connectivity index (χ0) is 19.7. The summed E-state index contributed by atoms with van der Waals surface area (Å²) >= 11 is 6.07. The predicted molar refractivity (Wildman–Crippen MR) is 109 cm³/mol. The molecule has 2 aromatic carbocycles. The van der Waals surface area contributed by atoms with Gasteiger partial charge in [-0.1, -0.05) is 41.9 Å². The zero-order valence-electron chi connectivity index (χ0n) is 15.4. The van der Waals surface area contributed by atoms with Gasteiger partial charge in [0.05, 0.1) is 21.8 Å². The summed E-state index contributed by atoms with van der Waals surface area (Å²) in [6, 6.07) is 14.4. The van der Waals surface area contributed by atoms with Gasteiger partial charge in [0.15, 0.2) is 6.10 Å². The summed E-state index contributed by atoms with van der Waals surface area (Å²) in [6.07, 6.45) is 1.63. The molecule has 142 valence electrons. The largest absolute Gasteiger partial charge is 0.449 e. The second-order valence-electron chi connectivity index (χ2n) is 6.80. The second-order valence-corrected chi connectivity index (χ2v) is 7.21. The molecule has 1 aromatic heterocycles. The van der Waals surface area contributed by atoms with Crippen LogP contribution in [0.1, 0.15) is 35.0 Å². The minimum atomic E-state index is -0.965. The van der Waals surface area contributed by atoms with Crippen molar-refractivity contribution in [2.75, 3.05) is 5.32 Å². The molecule has 0 spiro atoms. The fourth-order valence-corrected chi connectivity index (χ4v) is 3.70. The van der Waals surface area contributed by atoms with Crippen molar-refractivity contribution in [1.29, 1.82) is 0 Å². The maximum Gasteiger partial charge on any atom is 0.339 e. The van der Waals surface area contributed by atoms with E-state index in [0.717, 1.165) is 41.4 Å². The molecule has 1 heterocycles. The van der Waals surface area contributed by atoms with Gasteiger partial charge in [-0.3, -0.25) is 9.78 Å². The number of benzene rings is 2. The molecular formula is C22H19ClN2O3. The number of halogens is 1. The van der Waals surface area contributed by atoms with Crippen molar-refractivity contribution < 1.29 is 14.3 Å². The Bertz CT molecular complexity index is 1080. The van der Waals surface area contributed by atoms with Crippen LogP contribution in [0.15, 0.2) is 48.5 Å². The molecule has 0 saturated heterocycles. The molecule has 1 amide bonds. The smallest absolute Gasteiger partial charge is 0.339 e. The molecular weight excluding hydrogens is 376 g/mol. The van der Waals surface area contributed by atoms with Crippen molar-refractivity contribution in [2.45, 2.75) is 32.3 Å². The number of carbonyl (C=O) groups is 2. The lowest BCUT2D eigenvalue weighted by atomic mass is 10.0. The van der Waals surface area contributed by atoms with Gasteiger partial charge in [0.1, 0.15) is 0 Å². The lowest BCUT2D eigenvalue weighted by Crippen LogP contribution is -2.30. The van der Waals surface area contributed by atoms with Crippen molar-refractivity contribution in [3.63, 3.8) is 0 Å². The summed E-state index contributed by atoms with van der Waals surface area (Å²) in [4.78, 5) is 30.1. The molecule has 1 aliphatic rings. The highest BCUT2D eigenvalue weighted by Gasteiger charge is 2.27. The summed E-state index contributed by atoms with van der Waals surface area (Å²) in [5.74, 6) is -0.935. The van der Waals surface area contributed by atoms with E-state index < -0.39 is 18.0 Å². The van der Waals surface area contributed by atoms with E-state index in [1.807, 2.05) is 24.3 Å². The van der Waals surface area contributed by atoms with Crippen LogP contribution in [0.4, 0.5) is 5.69 Å². The first kappa shape index (κ1) is 18.4. The third-order valence-electron chi connectivity index (χ3n) is 4.91. The van der Waals surface area contributed by atoms with Gasteiger partial charge in [0.2, 0.25) is 0 Å². The van der Waals surface area contributed by atoms with Crippen LogP contribution in [-0.4, -0.2) is 23.0 Å². The average Bonchev–Trinajstić information content (AvgIpc) is 3.15. The number of amides is 1. The summed E-state index contributed by atoms with van der Waals surface area (Å²) < 4.78 is 5.52. The number of hydrogen-bond donors (Lipinski definition) is 1. The number of carbonyl (C=O) groups excluding carboxylic acids is 2. The van der Waals surface area contributed by atoms with Crippen molar-refractivity contribution in [1.82, 2.24) is 4.98 Å². The minimum Gasteiger partial charge on any atom is -0.449 e. The maximum absolute atomic E-state index is 13.0. The molecule has 0 fully saturated rings. The van der Waals surface area contributed by atoms with Crippen molar-refractivity contribution in [3.05, 3.63) is 70.4 Å². The van der Waals surface area contributed by atoms with E-state index in [9.17, 15) is 9.59 Å². The van der Waals surface area contributed by atoms with E-state index in [0.29, 0.717) is 16.3 Å². The van der Waals surface area contributed by atoms with E-state index in [2.05, 4.69) is 10.3 Å². The molecule has 5 nitrogen and oxygen atoms in total. The van der Waals surface area contributed by atoms with Gasteiger partial charge in [0.25, 0.3) is 5.91 Å². The molecule has 3 aromatic rings. The van der Waals surface area contributed by atoms with Crippen LogP contribution < -0.4 is 5.32 Å². The Kier molecular flexibility index (Phi) is 5.01. The van der Waals surface area contributed by atoms with E-state index in [4.69, 9.17) is 16.3 Å². The van der Waals surface area contributed by atoms with Crippen LogP contribution in [0, 0.1) is 0 Å². The Morgan fingerprint density at radius 3 is 2.68 bits per heavy atom. The Balaban J connectivity index is 1.59. The topological polar surface area (TPSA) is 68.3 Å². The summed E-state index contributed by atoms with van der Waals surface area (Å²) in [7, 11) is 0. The third-order valence-corrected chi connectivity index (χ3v) is 5.24. The van der Waals surface area contributed by atoms with Gasteiger partial charge in [-0.25, -0.2) is 4.79 Å². The SMILES string of the molecule is C[C@@H](OC(=O)c1c2c(nc3ccccc13)CCC2)C(=O)Nc1ccccc1Cl. The first-order chi connectivity index (χ1) is 13.5. The molecule has 4 rings (SSSR count). The number of rotatable bonds is 4. The van der Waals surface area contributed by atoms with Gasteiger partial charge in [-0.05, 0) is 49.9 Å². The van der Waals surface area contributed by atoms with Crippen molar-refractivity contribution in [3.8, 4) is 0 Å².